The third kappa shape index (κ3) is 1.91. The summed E-state index contributed by atoms with van der Waals surface area (Å²) in [6.07, 6.45) is 0. The molecule has 1 aliphatic rings. The van der Waals surface area contributed by atoms with Gasteiger partial charge in [-0.1, -0.05) is 40.0 Å². The number of aromatic nitrogens is 2. The fourth-order valence-electron chi connectivity index (χ4n) is 0.987. The van der Waals surface area contributed by atoms with Gasteiger partial charge in [-0.3, -0.25) is 0 Å². The molecule has 0 aromatic carbocycles. The van der Waals surface area contributed by atoms with Crippen molar-refractivity contribution in [2.75, 3.05) is 13.1 Å². The first-order valence-corrected chi connectivity index (χ1v) is 4.82. The van der Waals surface area contributed by atoms with Crippen LogP contribution in [-0.2, 0) is 3.79 Å². The van der Waals surface area contributed by atoms with Gasteiger partial charge in [0, 0.05) is 19.0 Å². The van der Waals surface area contributed by atoms with E-state index in [0.717, 1.165) is 13.1 Å². The largest absolute Gasteiger partial charge is 0.335 e. The van der Waals surface area contributed by atoms with Crippen LogP contribution in [0.2, 0.25) is 0 Å². The second-order valence-electron chi connectivity index (χ2n) is 2.81. The summed E-state index contributed by atoms with van der Waals surface area (Å²) in [6.45, 7) is 1.69. The highest BCUT2D eigenvalue weighted by Gasteiger charge is 2.33. The minimum absolute atomic E-state index is 0.0272. The Hall–Kier alpha value is -0.0300. The van der Waals surface area contributed by atoms with Crippen molar-refractivity contribution in [2.24, 2.45) is 0 Å². The highest BCUT2D eigenvalue weighted by Crippen LogP contribution is 2.37. The van der Waals surface area contributed by atoms with Crippen molar-refractivity contribution < 1.29 is 4.52 Å². The van der Waals surface area contributed by atoms with Crippen LogP contribution in [0.25, 0.3) is 0 Å². The number of hydrogen-bond acceptors (Lipinski definition) is 4. The van der Waals surface area contributed by atoms with Crippen LogP contribution < -0.4 is 5.32 Å². The molecule has 1 aromatic heterocycles. The van der Waals surface area contributed by atoms with Gasteiger partial charge in [-0.25, -0.2) is 0 Å². The minimum atomic E-state index is -1.62. The lowest BCUT2D eigenvalue weighted by Crippen LogP contribution is -2.40. The highest BCUT2D eigenvalue weighted by atomic mass is 35.6. The molecule has 0 atom stereocenters. The summed E-state index contributed by atoms with van der Waals surface area (Å²) in [6, 6.07) is 0. The Morgan fingerprint density at radius 2 is 2.08 bits per heavy atom. The number of rotatable bonds is 1. The Morgan fingerprint density at radius 1 is 1.38 bits per heavy atom. The van der Waals surface area contributed by atoms with Gasteiger partial charge in [0.15, 0.2) is 5.82 Å². The molecule has 1 aliphatic heterocycles. The summed E-state index contributed by atoms with van der Waals surface area (Å²) in [4.78, 5) is 3.99. The average Bonchev–Trinajstić information content (AvgIpc) is 2.29. The predicted octanol–water partition coefficient (Wildman–Crippen LogP) is 1.58. The van der Waals surface area contributed by atoms with Gasteiger partial charge in [-0.2, -0.15) is 4.98 Å². The van der Waals surface area contributed by atoms with Gasteiger partial charge in [0.05, 0.1) is 0 Å². The SMILES string of the molecule is ClC(Cl)(Cl)c1nc(C2CNC2)no1. The van der Waals surface area contributed by atoms with Gasteiger partial charge in [0.1, 0.15) is 0 Å². The molecule has 0 spiro atoms. The number of alkyl halides is 3. The van der Waals surface area contributed by atoms with E-state index in [0.29, 0.717) is 5.82 Å². The van der Waals surface area contributed by atoms with E-state index in [1.165, 1.54) is 0 Å². The quantitative estimate of drug-likeness (QED) is 0.760. The van der Waals surface area contributed by atoms with Crippen molar-refractivity contribution in [3.05, 3.63) is 11.7 Å². The maximum absolute atomic E-state index is 5.56. The second-order valence-corrected chi connectivity index (χ2v) is 5.09. The Labute approximate surface area is 89.5 Å². The summed E-state index contributed by atoms with van der Waals surface area (Å²) in [5, 5.41) is 6.81. The third-order valence-corrected chi connectivity index (χ3v) is 2.32. The van der Waals surface area contributed by atoms with Crippen molar-refractivity contribution >= 4 is 34.8 Å². The van der Waals surface area contributed by atoms with E-state index in [1.807, 2.05) is 0 Å². The van der Waals surface area contributed by atoms with Crippen LogP contribution in [0.5, 0.6) is 0 Å². The molecular formula is C6H6Cl3N3O. The van der Waals surface area contributed by atoms with Crippen molar-refractivity contribution in [1.29, 1.82) is 0 Å². The van der Waals surface area contributed by atoms with Crippen molar-refractivity contribution in [3.8, 4) is 0 Å². The molecule has 13 heavy (non-hydrogen) atoms. The molecule has 2 heterocycles. The Morgan fingerprint density at radius 3 is 2.46 bits per heavy atom. The second kappa shape index (κ2) is 3.28. The number of nitrogens with zero attached hydrogens (tertiary/aromatic N) is 2. The van der Waals surface area contributed by atoms with E-state index >= 15 is 0 Å². The van der Waals surface area contributed by atoms with Crippen molar-refractivity contribution in [2.45, 2.75) is 9.71 Å². The highest BCUT2D eigenvalue weighted by molar-refractivity contribution is 6.66. The Bertz CT molecular complexity index is 304. The normalized spacial score (nSPS) is 18.7. The zero-order chi connectivity index (χ0) is 9.47. The van der Waals surface area contributed by atoms with Crippen molar-refractivity contribution in [3.63, 3.8) is 0 Å². The lowest BCUT2D eigenvalue weighted by Gasteiger charge is -2.23. The molecule has 0 bridgehead atoms. The van der Waals surface area contributed by atoms with E-state index in [1.54, 1.807) is 0 Å². The summed E-state index contributed by atoms with van der Waals surface area (Å²) in [7, 11) is 0. The molecule has 0 radical (unpaired) electrons. The van der Waals surface area contributed by atoms with Gasteiger partial charge >= 0.3 is 0 Å². The zero-order valence-electron chi connectivity index (χ0n) is 6.43. The maximum atomic E-state index is 5.56. The van der Waals surface area contributed by atoms with Crippen LogP contribution in [0.3, 0.4) is 0 Å². The van der Waals surface area contributed by atoms with E-state index in [2.05, 4.69) is 15.5 Å². The molecule has 1 saturated heterocycles. The van der Waals surface area contributed by atoms with Crippen LogP contribution in [0.15, 0.2) is 4.52 Å². The molecule has 72 valence electrons. The lowest BCUT2D eigenvalue weighted by molar-refractivity contribution is 0.358. The van der Waals surface area contributed by atoms with Crippen LogP contribution >= 0.6 is 34.8 Å². The lowest BCUT2D eigenvalue weighted by atomic mass is 10.0. The first-order chi connectivity index (χ1) is 6.07. The van der Waals surface area contributed by atoms with Crippen molar-refractivity contribution in [1.82, 2.24) is 15.5 Å². The Balaban J connectivity index is 2.17. The smallest absolute Gasteiger partial charge is 0.278 e. The molecule has 0 amide bonds. The molecule has 0 saturated carbocycles. The van der Waals surface area contributed by atoms with E-state index in [9.17, 15) is 0 Å². The molecule has 1 aromatic rings. The average molecular weight is 242 g/mol. The third-order valence-electron chi connectivity index (χ3n) is 1.83. The monoisotopic (exact) mass is 241 g/mol. The van der Waals surface area contributed by atoms with E-state index in [-0.39, 0.29) is 11.8 Å². The topological polar surface area (TPSA) is 51.0 Å². The number of halogens is 3. The predicted molar refractivity (Wildman–Crippen MR) is 49.1 cm³/mol. The van der Waals surface area contributed by atoms with Gasteiger partial charge in [0.2, 0.25) is 0 Å². The molecule has 1 fully saturated rings. The standard InChI is InChI=1S/C6H6Cl3N3O/c7-6(8,9)5-11-4(12-13-5)3-1-10-2-3/h3,10H,1-2H2. The summed E-state index contributed by atoms with van der Waals surface area (Å²) < 4.78 is 3.18. The Kier molecular flexibility index (Phi) is 2.40. The molecule has 0 unspecified atom stereocenters. The fraction of sp³-hybridized carbons (Fsp3) is 0.667. The van der Waals surface area contributed by atoms with Gasteiger partial charge in [0.25, 0.3) is 9.68 Å². The molecule has 7 heteroatoms. The number of nitrogens with one attached hydrogen (secondary N) is 1. The summed E-state index contributed by atoms with van der Waals surface area (Å²) >= 11 is 16.7. The first-order valence-electron chi connectivity index (χ1n) is 3.69. The first kappa shape index (κ1) is 9.52. The molecule has 4 nitrogen and oxygen atoms in total. The molecular weight excluding hydrogens is 236 g/mol. The van der Waals surface area contributed by atoms with Gasteiger partial charge in [-0.05, 0) is 0 Å². The summed E-state index contributed by atoms with van der Waals surface area (Å²) in [5.74, 6) is 0.907. The van der Waals surface area contributed by atoms with E-state index < -0.39 is 3.79 Å². The minimum Gasteiger partial charge on any atom is -0.335 e. The van der Waals surface area contributed by atoms with Crippen LogP contribution in [0.1, 0.15) is 17.6 Å². The van der Waals surface area contributed by atoms with E-state index in [4.69, 9.17) is 39.3 Å². The molecule has 2 rings (SSSR count). The van der Waals surface area contributed by atoms with Crippen LogP contribution in [-0.4, -0.2) is 23.2 Å². The number of hydrogen-bond donors (Lipinski definition) is 1. The maximum Gasteiger partial charge on any atom is 0.278 e. The fourth-order valence-corrected chi connectivity index (χ4v) is 1.22. The van der Waals surface area contributed by atoms with Crippen LogP contribution in [0, 0.1) is 0 Å². The van der Waals surface area contributed by atoms with Crippen LogP contribution in [0.4, 0.5) is 0 Å². The molecule has 1 N–H and O–H groups in total. The summed E-state index contributed by atoms with van der Waals surface area (Å²) in [5.41, 5.74) is 0. The molecule has 0 aliphatic carbocycles. The van der Waals surface area contributed by atoms with Gasteiger partial charge < -0.3 is 9.84 Å². The zero-order valence-corrected chi connectivity index (χ0v) is 8.70. The van der Waals surface area contributed by atoms with Gasteiger partial charge in [-0.15, -0.1) is 0 Å².